The van der Waals surface area contributed by atoms with Crippen molar-refractivity contribution in [3.05, 3.63) is 28.8 Å². The molecule has 0 atom stereocenters. The second-order valence-corrected chi connectivity index (χ2v) is 7.88. The van der Waals surface area contributed by atoms with Crippen LogP contribution in [0, 0.1) is 0 Å². The Morgan fingerprint density at radius 3 is 1.75 bits per heavy atom. The zero-order valence-electron chi connectivity index (χ0n) is 13.4. The molecule has 3 heteroatoms. The molecule has 0 aliphatic carbocycles. The largest absolute Gasteiger partial charge is 0.481 e. The maximum atomic E-state index is 10.8. The first kappa shape index (κ1) is 17.1. The highest BCUT2D eigenvalue weighted by molar-refractivity contribution is 7.80. The zero-order valence-corrected chi connectivity index (χ0v) is 14.3. The molecule has 0 heterocycles. The van der Waals surface area contributed by atoms with Gasteiger partial charge in [0.25, 0.3) is 0 Å². The van der Waals surface area contributed by atoms with Crippen LogP contribution < -0.4 is 0 Å². The molecule has 0 radical (unpaired) electrons. The molecule has 0 bridgehead atoms. The van der Waals surface area contributed by atoms with Crippen LogP contribution in [0.5, 0.6) is 0 Å². The van der Waals surface area contributed by atoms with Crippen molar-refractivity contribution in [2.75, 3.05) is 0 Å². The van der Waals surface area contributed by atoms with Gasteiger partial charge in [-0.15, -0.1) is 12.6 Å². The lowest BCUT2D eigenvalue weighted by atomic mass is 9.79. The van der Waals surface area contributed by atoms with E-state index in [1.807, 2.05) is 0 Å². The summed E-state index contributed by atoms with van der Waals surface area (Å²) in [4.78, 5) is 11.8. The Labute approximate surface area is 128 Å². The lowest BCUT2D eigenvalue weighted by Crippen LogP contribution is -2.19. The molecule has 1 rings (SSSR count). The van der Waals surface area contributed by atoms with Crippen LogP contribution in [0.4, 0.5) is 0 Å². The topological polar surface area (TPSA) is 37.3 Å². The monoisotopic (exact) mass is 294 g/mol. The molecule has 2 nitrogen and oxygen atoms in total. The first-order chi connectivity index (χ1) is 8.93. The quantitative estimate of drug-likeness (QED) is 0.800. The van der Waals surface area contributed by atoms with Crippen molar-refractivity contribution in [3.63, 3.8) is 0 Å². The van der Waals surface area contributed by atoms with Crippen molar-refractivity contribution >= 4 is 18.6 Å². The van der Waals surface area contributed by atoms with Crippen molar-refractivity contribution in [2.24, 2.45) is 0 Å². The normalized spacial score (nSPS) is 12.6. The number of aryl methyl sites for hydroxylation is 1. The standard InChI is InChI=1S/C17H26O2S/c1-16(2,3)12-9-11(7-8-14(18)19)10-13(15(12)20)17(4,5)6/h9-10,20H,7-8H2,1-6H3,(H,18,19). The van der Waals surface area contributed by atoms with Gasteiger partial charge in [0.1, 0.15) is 0 Å². The van der Waals surface area contributed by atoms with Gasteiger partial charge in [0.2, 0.25) is 0 Å². The summed E-state index contributed by atoms with van der Waals surface area (Å²) in [7, 11) is 0. The van der Waals surface area contributed by atoms with E-state index in [0.717, 1.165) is 10.5 Å². The van der Waals surface area contributed by atoms with Crippen molar-refractivity contribution < 1.29 is 9.90 Å². The fourth-order valence-electron chi connectivity index (χ4n) is 2.23. The maximum Gasteiger partial charge on any atom is 0.303 e. The Morgan fingerprint density at radius 1 is 1.05 bits per heavy atom. The van der Waals surface area contributed by atoms with Crippen LogP contribution in [-0.4, -0.2) is 11.1 Å². The number of carboxylic acids is 1. The van der Waals surface area contributed by atoms with Gasteiger partial charge in [-0.05, 0) is 33.9 Å². The molecule has 0 aromatic heterocycles. The summed E-state index contributed by atoms with van der Waals surface area (Å²) in [6.07, 6.45) is 0.731. The van der Waals surface area contributed by atoms with Crippen molar-refractivity contribution in [1.82, 2.24) is 0 Å². The molecule has 0 saturated heterocycles. The minimum Gasteiger partial charge on any atom is -0.481 e. The summed E-state index contributed by atoms with van der Waals surface area (Å²) in [6, 6.07) is 4.22. The number of hydrogen-bond acceptors (Lipinski definition) is 2. The SMILES string of the molecule is CC(C)(C)c1cc(CCC(=O)O)cc(C(C)(C)C)c1S. The van der Waals surface area contributed by atoms with Crippen LogP contribution in [0.15, 0.2) is 17.0 Å². The van der Waals surface area contributed by atoms with Crippen molar-refractivity contribution in [1.29, 1.82) is 0 Å². The van der Waals surface area contributed by atoms with Gasteiger partial charge in [-0.3, -0.25) is 4.79 Å². The maximum absolute atomic E-state index is 10.8. The third kappa shape index (κ3) is 4.27. The number of aliphatic carboxylic acids is 1. The van der Waals surface area contributed by atoms with Crippen LogP contribution >= 0.6 is 12.6 Å². The van der Waals surface area contributed by atoms with Gasteiger partial charge in [-0.25, -0.2) is 0 Å². The first-order valence-corrected chi connectivity index (χ1v) is 7.46. The lowest BCUT2D eigenvalue weighted by Gasteiger charge is -2.29. The Bertz CT molecular complexity index is 470. The molecular weight excluding hydrogens is 268 g/mol. The molecule has 1 aromatic rings. The molecule has 0 aliphatic heterocycles. The second-order valence-electron chi connectivity index (χ2n) is 7.43. The van der Waals surface area contributed by atoms with Crippen LogP contribution in [0.25, 0.3) is 0 Å². The smallest absolute Gasteiger partial charge is 0.303 e. The van der Waals surface area contributed by atoms with Gasteiger partial charge in [-0.2, -0.15) is 0 Å². The van der Waals surface area contributed by atoms with E-state index >= 15 is 0 Å². The van der Waals surface area contributed by atoms with Gasteiger partial charge >= 0.3 is 5.97 Å². The molecule has 0 amide bonds. The lowest BCUT2D eigenvalue weighted by molar-refractivity contribution is -0.136. The molecule has 0 aliphatic rings. The van der Waals surface area contributed by atoms with E-state index in [-0.39, 0.29) is 17.3 Å². The number of rotatable bonds is 3. The van der Waals surface area contributed by atoms with E-state index in [0.29, 0.717) is 6.42 Å². The molecule has 112 valence electrons. The first-order valence-electron chi connectivity index (χ1n) is 7.01. The third-order valence-electron chi connectivity index (χ3n) is 3.41. The Morgan fingerprint density at radius 2 is 1.45 bits per heavy atom. The predicted molar refractivity (Wildman–Crippen MR) is 87.1 cm³/mol. The molecule has 1 N–H and O–H groups in total. The van der Waals surface area contributed by atoms with Crippen LogP contribution in [0.3, 0.4) is 0 Å². The minimum absolute atomic E-state index is 0.00365. The Hall–Kier alpha value is -0.960. The average molecular weight is 294 g/mol. The summed E-state index contributed by atoms with van der Waals surface area (Å²) in [5.41, 5.74) is 3.45. The Kier molecular flexibility index (Phi) is 4.96. The number of benzene rings is 1. The van der Waals surface area contributed by atoms with Crippen LogP contribution in [0.2, 0.25) is 0 Å². The second kappa shape index (κ2) is 5.80. The van der Waals surface area contributed by atoms with Crippen LogP contribution in [-0.2, 0) is 22.0 Å². The van der Waals surface area contributed by atoms with Crippen LogP contribution in [0.1, 0.15) is 64.7 Å². The van der Waals surface area contributed by atoms with E-state index in [2.05, 4.69) is 53.7 Å². The third-order valence-corrected chi connectivity index (χ3v) is 3.90. The molecule has 0 saturated carbocycles. The molecule has 1 aromatic carbocycles. The summed E-state index contributed by atoms with van der Waals surface area (Å²) in [6.45, 7) is 13.0. The fraction of sp³-hybridized carbons (Fsp3) is 0.588. The van der Waals surface area contributed by atoms with Gasteiger partial charge in [0.15, 0.2) is 0 Å². The van der Waals surface area contributed by atoms with Gasteiger partial charge in [0, 0.05) is 11.3 Å². The summed E-state index contributed by atoms with van der Waals surface area (Å²) in [5.74, 6) is -0.755. The highest BCUT2D eigenvalue weighted by Crippen LogP contribution is 2.37. The van der Waals surface area contributed by atoms with E-state index in [4.69, 9.17) is 17.7 Å². The molecule has 0 fully saturated rings. The fourth-order valence-corrected chi connectivity index (χ4v) is 3.03. The number of carboxylic acid groups (broad SMARTS) is 1. The van der Waals surface area contributed by atoms with Crippen molar-refractivity contribution in [3.8, 4) is 0 Å². The minimum atomic E-state index is -0.755. The van der Waals surface area contributed by atoms with E-state index < -0.39 is 5.97 Å². The van der Waals surface area contributed by atoms with Gasteiger partial charge in [-0.1, -0.05) is 53.7 Å². The number of hydrogen-bond donors (Lipinski definition) is 2. The summed E-state index contributed by atoms with van der Waals surface area (Å²) < 4.78 is 0. The highest BCUT2D eigenvalue weighted by Gasteiger charge is 2.25. The molecular formula is C17H26O2S. The Balaban J connectivity index is 3.38. The van der Waals surface area contributed by atoms with E-state index in [1.165, 1.54) is 11.1 Å². The van der Waals surface area contributed by atoms with E-state index in [1.54, 1.807) is 0 Å². The van der Waals surface area contributed by atoms with Crippen molar-refractivity contribution in [2.45, 2.75) is 70.1 Å². The number of thiol groups is 1. The van der Waals surface area contributed by atoms with E-state index in [9.17, 15) is 4.79 Å². The summed E-state index contributed by atoms with van der Waals surface area (Å²) >= 11 is 4.74. The highest BCUT2D eigenvalue weighted by atomic mass is 32.1. The summed E-state index contributed by atoms with van der Waals surface area (Å²) in [5, 5.41) is 8.87. The molecule has 0 spiro atoms. The average Bonchev–Trinajstić information content (AvgIpc) is 2.24. The molecule has 0 unspecified atom stereocenters. The zero-order chi connectivity index (χ0) is 15.7. The predicted octanol–water partition coefficient (Wildman–Crippen LogP) is 4.59. The van der Waals surface area contributed by atoms with Gasteiger partial charge in [0.05, 0.1) is 0 Å². The molecule has 20 heavy (non-hydrogen) atoms. The number of carbonyl (C=O) groups is 1. The van der Waals surface area contributed by atoms with Gasteiger partial charge < -0.3 is 5.11 Å².